The molecule has 2 aromatic carbocycles. The van der Waals surface area contributed by atoms with Crippen molar-refractivity contribution in [3.05, 3.63) is 65.7 Å². The van der Waals surface area contributed by atoms with Gasteiger partial charge in [0.15, 0.2) is 0 Å². The minimum atomic E-state index is -0.719. The van der Waals surface area contributed by atoms with Crippen LogP contribution in [0.25, 0.3) is 0 Å². The van der Waals surface area contributed by atoms with Gasteiger partial charge in [-0.05, 0) is 30.2 Å². The molecular formula is C19H22ClF2N3O. The first-order valence-electron chi connectivity index (χ1n) is 8.28. The molecule has 1 amide bonds. The average molecular weight is 382 g/mol. The third-order valence-corrected chi connectivity index (χ3v) is 4.56. The Hall–Kier alpha value is -2.02. The molecule has 1 fully saturated rings. The second-order valence-electron chi connectivity index (χ2n) is 6.41. The SMILES string of the molecule is Cl.NC[C@@H]1CN(CC(=O)Nc2cc(F)cc(F)c2)C[C@H]1c1ccccc1. The van der Waals surface area contributed by atoms with Crippen LogP contribution in [0.1, 0.15) is 11.5 Å². The van der Waals surface area contributed by atoms with Crippen LogP contribution in [-0.4, -0.2) is 37.0 Å². The summed E-state index contributed by atoms with van der Waals surface area (Å²) in [6, 6.07) is 13.1. The topological polar surface area (TPSA) is 58.4 Å². The number of carbonyl (C=O) groups is 1. The highest BCUT2D eigenvalue weighted by atomic mass is 35.5. The van der Waals surface area contributed by atoms with Gasteiger partial charge in [0.2, 0.25) is 5.91 Å². The van der Waals surface area contributed by atoms with Gasteiger partial charge in [0.25, 0.3) is 0 Å². The highest BCUT2D eigenvalue weighted by molar-refractivity contribution is 5.92. The van der Waals surface area contributed by atoms with E-state index in [-0.39, 0.29) is 42.4 Å². The number of nitrogens with two attached hydrogens (primary N) is 1. The second-order valence-corrected chi connectivity index (χ2v) is 6.41. The maximum Gasteiger partial charge on any atom is 0.238 e. The van der Waals surface area contributed by atoms with Crippen molar-refractivity contribution in [1.82, 2.24) is 4.90 Å². The summed E-state index contributed by atoms with van der Waals surface area (Å²) >= 11 is 0. The molecule has 26 heavy (non-hydrogen) atoms. The lowest BCUT2D eigenvalue weighted by Crippen LogP contribution is -2.32. The number of carbonyl (C=O) groups excluding carboxylic acids is 1. The molecule has 2 atom stereocenters. The van der Waals surface area contributed by atoms with Crippen molar-refractivity contribution in [3.63, 3.8) is 0 Å². The molecule has 4 nitrogen and oxygen atoms in total. The molecule has 0 spiro atoms. The van der Waals surface area contributed by atoms with Gasteiger partial charge < -0.3 is 11.1 Å². The van der Waals surface area contributed by atoms with Crippen molar-refractivity contribution in [3.8, 4) is 0 Å². The van der Waals surface area contributed by atoms with Gasteiger partial charge in [-0.25, -0.2) is 8.78 Å². The highest BCUT2D eigenvalue weighted by Crippen LogP contribution is 2.31. The van der Waals surface area contributed by atoms with Crippen LogP contribution in [-0.2, 0) is 4.79 Å². The fourth-order valence-corrected chi connectivity index (χ4v) is 3.44. The molecule has 140 valence electrons. The Morgan fingerprint density at radius 1 is 1.12 bits per heavy atom. The Kier molecular flexibility index (Phi) is 7.08. The van der Waals surface area contributed by atoms with Crippen LogP contribution in [0.4, 0.5) is 14.5 Å². The number of halogens is 3. The van der Waals surface area contributed by atoms with E-state index in [2.05, 4.69) is 17.4 Å². The van der Waals surface area contributed by atoms with E-state index in [1.807, 2.05) is 23.1 Å². The summed E-state index contributed by atoms with van der Waals surface area (Å²) in [5.41, 5.74) is 7.24. The molecule has 7 heteroatoms. The Morgan fingerprint density at radius 3 is 2.38 bits per heavy atom. The van der Waals surface area contributed by atoms with Gasteiger partial charge in [-0.1, -0.05) is 30.3 Å². The van der Waals surface area contributed by atoms with Crippen LogP contribution in [0.5, 0.6) is 0 Å². The van der Waals surface area contributed by atoms with Crippen LogP contribution < -0.4 is 11.1 Å². The number of amides is 1. The summed E-state index contributed by atoms with van der Waals surface area (Å²) in [4.78, 5) is 14.2. The van der Waals surface area contributed by atoms with Crippen molar-refractivity contribution in [1.29, 1.82) is 0 Å². The fraction of sp³-hybridized carbons (Fsp3) is 0.316. The first-order chi connectivity index (χ1) is 12.0. The number of benzene rings is 2. The molecule has 0 unspecified atom stereocenters. The molecule has 0 aliphatic carbocycles. The van der Waals surface area contributed by atoms with E-state index in [0.717, 1.165) is 31.3 Å². The lowest BCUT2D eigenvalue weighted by molar-refractivity contribution is -0.117. The largest absolute Gasteiger partial charge is 0.330 e. The van der Waals surface area contributed by atoms with E-state index >= 15 is 0 Å². The number of hydrogen-bond donors (Lipinski definition) is 2. The van der Waals surface area contributed by atoms with Crippen LogP contribution in [0.3, 0.4) is 0 Å². The zero-order valence-electron chi connectivity index (χ0n) is 14.2. The van der Waals surface area contributed by atoms with Crippen LogP contribution in [0.2, 0.25) is 0 Å². The van der Waals surface area contributed by atoms with E-state index in [1.165, 1.54) is 5.56 Å². The predicted molar refractivity (Wildman–Crippen MR) is 100 cm³/mol. The molecule has 1 aliphatic heterocycles. The average Bonchev–Trinajstić information content (AvgIpc) is 2.97. The van der Waals surface area contributed by atoms with Crippen molar-refractivity contribution >= 4 is 24.0 Å². The molecule has 1 saturated heterocycles. The third-order valence-electron chi connectivity index (χ3n) is 4.56. The molecule has 3 N–H and O–H groups in total. The quantitative estimate of drug-likeness (QED) is 0.837. The third kappa shape index (κ3) is 5.00. The molecule has 1 aliphatic rings. The smallest absolute Gasteiger partial charge is 0.238 e. The molecule has 0 radical (unpaired) electrons. The maximum atomic E-state index is 13.2. The van der Waals surface area contributed by atoms with Gasteiger partial charge >= 0.3 is 0 Å². The van der Waals surface area contributed by atoms with Crippen LogP contribution in [0, 0.1) is 17.6 Å². The Labute approximate surface area is 157 Å². The first-order valence-corrected chi connectivity index (χ1v) is 8.28. The summed E-state index contributed by atoms with van der Waals surface area (Å²) < 4.78 is 26.4. The molecule has 1 heterocycles. The zero-order valence-corrected chi connectivity index (χ0v) is 15.0. The predicted octanol–water partition coefficient (Wildman–Crippen LogP) is 3.00. The van der Waals surface area contributed by atoms with Crippen molar-refractivity contribution < 1.29 is 13.6 Å². The number of anilines is 1. The molecule has 3 rings (SSSR count). The summed E-state index contributed by atoms with van der Waals surface area (Å²) in [5, 5.41) is 2.55. The van der Waals surface area contributed by atoms with Gasteiger partial charge in [0.05, 0.1) is 6.54 Å². The van der Waals surface area contributed by atoms with Gasteiger partial charge in [-0.3, -0.25) is 9.69 Å². The van der Waals surface area contributed by atoms with Gasteiger partial charge in [-0.2, -0.15) is 0 Å². The standard InChI is InChI=1S/C19H21F2N3O.ClH/c20-15-6-16(21)8-17(7-15)23-19(25)12-24-10-14(9-22)18(11-24)13-4-2-1-3-5-13;/h1-8,14,18H,9-12,22H2,(H,23,25);1H/t14-,18+;/m1./s1. The minimum Gasteiger partial charge on any atom is -0.330 e. The molecule has 2 aromatic rings. The van der Waals surface area contributed by atoms with E-state index < -0.39 is 11.6 Å². The summed E-state index contributed by atoms with van der Waals surface area (Å²) in [6.45, 7) is 2.17. The number of nitrogens with one attached hydrogen (secondary N) is 1. The van der Waals surface area contributed by atoms with E-state index in [4.69, 9.17) is 5.73 Å². The lowest BCUT2D eigenvalue weighted by atomic mass is 9.89. The summed E-state index contributed by atoms with van der Waals surface area (Å²) in [6.07, 6.45) is 0. The van der Waals surface area contributed by atoms with Crippen molar-refractivity contribution in [2.75, 3.05) is 31.5 Å². The first kappa shape index (κ1) is 20.3. The Bertz CT molecular complexity index is 725. The zero-order chi connectivity index (χ0) is 17.8. The maximum absolute atomic E-state index is 13.2. The number of rotatable bonds is 5. The summed E-state index contributed by atoms with van der Waals surface area (Å²) in [7, 11) is 0. The lowest BCUT2D eigenvalue weighted by Gasteiger charge is -2.16. The van der Waals surface area contributed by atoms with Crippen LogP contribution in [0.15, 0.2) is 48.5 Å². The van der Waals surface area contributed by atoms with Gasteiger partial charge in [0, 0.05) is 30.8 Å². The highest BCUT2D eigenvalue weighted by Gasteiger charge is 2.33. The monoisotopic (exact) mass is 381 g/mol. The molecule has 0 saturated carbocycles. The van der Waals surface area contributed by atoms with E-state index in [9.17, 15) is 13.6 Å². The Balaban J connectivity index is 0.00000243. The number of nitrogens with zero attached hydrogens (tertiary/aromatic N) is 1. The van der Waals surface area contributed by atoms with Crippen LogP contribution >= 0.6 is 12.4 Å². The van der Waals surface area contributed by atoms with Crippen molar-refractivity contribution in [2.45, 2.75) is 5.92 Å². The molecule has 0 aromatic heterocycles. The number of hydrogen-bond acceptors (Lipinski definition) is 3. The summed E-state index contributed by atoms with van der Waals surface area (Å²) in [5.74, 6) is -1.17. The van der Waals surface area contributed by atoms with E-state index in [0.29, 0.717) is 6.54 Å². The Morgan fingerprint density at radius 2 is 1.77 bits per heavy atom. The van der Waals surface area contributed by atoms with Gasteiger partial charge in [-0.15, -0.1) is 12.4 Å². The normalized spacial score (nSPS) is 19.8. The fourth-order valence-electron chi connectivity index (χ4n) is 3.44. The molecule has 0 bridgehead atoms. The van der Waals surface area contributed by atoms with Gasteiger partial charge in [0.1, 0.15) is 11.6 Å². The molecular weight excluding hydrogens is 360 g/mol. The van der Waals surface area contributed by atoms with E-state index in [1.54, 1.807) is 0 Å². The second kappa shape index (κ2) is 9.07. The number of likely N-dealkylation sites (tertiary alicyclic amines) is 1. The van der Waals surface area contributed by atoms with Crippen molar-refractivity contribution in [2.24, 2.45) is 11.7 Å². The minimum absolute atomic E-state index is 0.